The largest absolute Gasteiger partial charge is 0.384 e. The van der Waals surface area contributed by atoms with Gasteiger partial charge in [-0.05, 0) is 42.5 Å². The average molecular weight is 274 g/mol. The van der Waals surface area contributed by atoms with Crippen molar-refractivity contribution in [2.75, 3.05) is 11.9 Å². The summed E-state index contributed by atoms with van der Waals surface area (Å²) in [6.07, 6.45) is 1.09. The molecule has 0 aliphatic heterocycles. The van der Waals surface area contributed by atoms with Crippen LogP contribution in [-0.4, -0.2) is 6.54 Å². The van der Waals surface area contributed by atoms with E-state index in [4.69, 9.17) is 11.6 Å². The number of benzene rings is 2. The summed E-state index contributed by atoms with van der Waals surface area (Å²) in [6.45, 7) is 5.27. The van der Waals surface area contributed by atoms with E-state index in [2.05, 4.69) is 55.6 Å². The van der Waals surface area contributed by atoms with Gasteiger partial charge < -0.3 is 5.32 Å². The fraction of sp³-hybridized carbons (Fsp3) is 0.294. The zero-order chi connectivity index (χ0) is 13.7. The highest BCUT2D eigenvalue weighted by atomic mass is 35.5. The van der Waals surface area contributed by atoms with Crippen LogP contribution in [0.4, 0.5) is 5.69 Å². The molecular formula is C17H20ClN. The van der Waals surface area contributed by atoms with E-state index < -0.39 is 0 Å². The highest BCUT2D eigenvalue weighted by Gasteiger charge is 2.05. The summed E-state index contributed by atoms with van der Waals surface area (Å²) in [5, 5.41) is 4.21. The SMILES string of the molecule is Cc1ccc(Cl)c(NCCC(C)c2ccccc2)c1. The number of halogens is 1. The molecular weight excluding hydrogens is 254 g/mol. The average Bonchev–Trinajstić information content (AvgIpc) is 2.43. The van der Waals surface area contributed by atoms with Crippen molar-refractivity contribution in [3.05, 3.63) is 64.7 Å². The summed E-state index contributed by atoms with van der Waals surface area (Å²) in [6, 6.07) is 16.7. The van der Waals surface area contributed by atoms with Gasteiger partial charge in [0, 0.05) is 6.54 Å². The maximum absolute atomic E-state index is 6.17. The van der Waals surface area contributed by atoms with Gasteiger partial charge in [-0.2, -0.15) is 0 Å². The van der Waals surface area contributed by atoms with Crippen LogP contribution in [0.2, 0.25) is 5.02 Å². The second-order valence-corrected chi connectivity index (χ2v) is 5.42. The van der Waals surface area contributed by atoms with Crippen LogP contribution in [0.25, 0.3) is 0 Å². The number of anilines is 1. The summed E-state index contributed by atoms with van der Waals surface area (Å²) in [5.74, 6) is 0.553. The van der Waals surface area contributed by atoms with Crippen molar-refractivity contribution in [3.63, 3.8) is 0 Å². The number of hydrogen-bond acceptors (Lipinski definition) is 1. The number of rotatable bonds is 5. The second kappa shape index (κ2) is 6.63. The molecule has 0 fully saturated rings. The molecule has 0 bridgehead atoms. The first-order valence-corrected chi connectivity index (χ1v) is 7.09. The topological polar surface area (TPSA) is 12.0 Å². The summed E-state index contributed by atoms with van der Waals surface area (Å²) in [5.41, 5.74) is 3.64. The maximum atomic E-state index is 6.17. The van der Waals surface area contributed by atoms with E-state index in [0.29, 0.717) is 5.92 Å². The van der Waals surface area contributed by atoms with Crippen LogP contribution in [0.1, 0.15) is 30.4 Å². The van der Waals surface area contributed by atoms with Crippen LogP contribution in [-0.2, 0) is 0 Å². The Bertz CT molecular complexity index is 522. The Morgan fingerprint density at radius 3 is 2.58 bits per heavy atom. The highest BCUT2D eigenvalue weighted by Crippen LogP contribution is 2.24. The monoisotopic (exact) mass is 273 g/mol. The van der Waals surface area contributed by atoms with E-state index in [9.17, 15) is 0 Å². The lowest BCUT2D eigenvalue weighted by atomic mass is 9.98. The summed E-state index contributed by atoms with van der Waals surface area (Å²) >= 11 is 6.17. The van der Waals surface area contributed by atoms with Crippen LogP contribution in [0.5, 0.6) is 0 Å². The molecule has 2 heteroatoms. The van der Waals surface area contributed by atoms with Gasteiger partial charge in [0.2, 0.25) is 0 Å². The van der Waals surface area contributed by atoms with Gasteiger partial charge in [0.15, 0.2) is 0 Å². The summed E-state index contributed by atoms with van der Waals surface area (Å²) in [4.78, 5) is 0. The van der Waals surface area contributed by atoms with Crippen molar-refractivity contribution in [1.82, 2.24) is 0 Å². The molecule has 0 aliphatic carbocycles. The molecule has 2 aromatic carbocycles. The van der Waals surface area contributed by atoms with Crippen LogP contribution in [0.15, 0.2) is 48.5 Å². The second-order valence-electron chi connectivity index (χ2n) is 5.01. The third-order valence-corrected chi connectivity index (χ3v) is 3.71. The molecule has 0 aromatic heterocycles. The standard InChI is InChI=1S/C17H20ClN/c1-13-8-9-16(18)17(12-13)19-11-10-14(2)15-6-4-3-5-7-15/h3-9,12,14,19H,10-11H2,1-2H3. The molecule has 19 heavy (non-hydrogen) atoms. The van der Waals surface area contributed by atoms with Crippen molar-refractivity contribution >= 4 is 17.3 Å². The Hall–Kier alpha value is -1.47. The van der Waals surface area contributed by atoms with Gasteiger partial charge in [-0.3, -0.25) is 0 Å². The number of nitrogens with one attached hydrogen (secondary N) is 1. The molecule has 1 N–H and O–H groups in total. The van der Waals surface area contributed by atoms with Crippen LogP contribution < -0.4 is 5.32 Å². The molecule has 1 nitrogen and oxygen atoms in total. The molecule has 0 heterocycles. The molecule has 0 saturated heterocycles. The zero-order valence-corrected chi connectivity index (χ0v) is 12.2. The van der Waals surface area contributed by atoms with Crippen molar-refractivity contribution in [2.45, 2.75) is 26.2 Å². The molecule has 2 rings (SSSR count). The Morgan fingerprint density at radius 2 is 1.84 bits per heavy atom. The minimum Gasteiger partial charge on any atom is -0.384 e. The minimum absolute atomic E-state index is 0.553. The fourth-order valence-corrected chi connectivity index (χ4v) is 2.33. The van der Waals surface area contributed by atoms with Crippen molar-refractivity contribution in [1.29, 1.82) is 0 Å². The normalized spacial score (nSPS) is 12.2. The van der Waals surface area contributed by atoms with Crippen molar-refractivity contribution < 1.29 is 0 Å². The Kier molecular flexibility index (Phi) is 4.86. The Balaban J connectivity index is 1.88. The van der Waals surface area contributed by atoms with E-state index in [1.165, 1.54) is 11.1 Å². The van der Waals surface area contributed by atoms with Crippen molar-refractivity contribution in [2.24, 2.45) is 0 Å². The molecule has 2 aromatic rings. The van der Waals surface area contributed by atoms with Crippen LogP contribution >= 0.6 is 11.6 Å². The van der Waals surface area contributed by atoms with Gasteiger partial charge >= 0.3 is 0 Å². The van der Waals surface area contributed by atoms with Crippen LogP contribution in [0.3, 0.4) is 0 Å². The minimum atomic E-state index is 0.553. The lowest BCUT2D eigenvalue weighted by Crippen LogP contribution is -2.06. The predicted molar refractivity (Wildman–Crippen MR) is 84.2 cm³/mol. The first-order valence-electron chi connectivity index (χ1n) is 6.72. The summed E-state index contributed by atoms with van der Waals surface area (Å²) < 4.78 is 0. The first-order chi connectivity index (χ1) is 9.16. The van der Waals surface area contributed by atoms with Gasteiger partial charge in [-0.15, -0.1) is 0 Å². The van der Waals surface area contributed by atoms with Crippen molar-refractivity contribution in [3.8, 4) is 0 Å². The third-order valence-electron chi connectivity index (χ3n) is 3.38. The van der Waals surface area contributed by atoms with Gasteiger partial charge in [0.25, 0.3) is 0 Å². The van der Waals surface area contributed by atoms with Gasteiger partial charge in [0.1, 0.15) is 0 Å². The molecule has 100 valence electrons. The molecule has 0 aliphatic rings. The lowest BCUT2D eigenvalue weighted by Gasteiger charge is -2.14. The van der Waals surface area contributed by atoms with E-state index in [1.807, 2.05) is 12.1 Å². The number of hydrogen-bond donors (Lipinski definition) is 1. The maximum Gasteiger partial charge on any atom is 0.0637 e. The third kappa shape index (κ3) is 4.00. The van der Waals surface area contributed by atoms with Crippen LogP contribution in [0, 0.1) is 6.92 Å². The first kappa shape index (κ1) is 14.0. The van der Waals surface area contributed by atoms with Gasteiger partial charge in [0.05, 0.1) is 10.7 Å². The molecule has 0 amide bonds. The quantitative estimate of drug-likeness (QED) is 0.784. The zero-order valence-electron chi connectivity index (χ0n) is 11.5. The molecule has 0 saturated carbocycles. The molecule has 1 atom stereocenters. The smallest absolute Gasteiger partial charge is 0.0637 e. The van der Waals surface area contributed by atoms with Gasteiger partial charge in [-0.25, -0.2) is 0 Å². The highest BCUT2D eigenvalue weighted by molar-refractivity contribution is 6.33. The fourth-order valence-electron chi connectivity index (χ4n) is 2.15. The Labute approximate surface area is 120 Å². The molecule has 0 radical (unpaired) electrons. The van der Waals surface area contributed by atoms with Gasteiger partial charge in [-0.1, -0.05) is 54.9 Å². The van der Waals surface area contributed by atoms with E-state index in [0.717, 1.165) is 23.7 Å². The van der Waals surface area contributed by atoms with E-state index >= 15 is 0 Å². The van der Waals surface area contributed by atoms with E-state index in [1.54, 1.807) is 0 Å². The molecule has 0 spiro atoms. The predicted octanol–water partition coefficient (Wildman–Crippen LogP) is 5.25. The lowest BCUT2D eigenvalue weighted by molar-refractivity contribution is 0.706. The number of aryl methyl sites for hydroxylation is 1. The van der Waals surface area contributed by atoms with E-state index in [-0.39, 0.29) is 0 Å². The molecule has 1 unspecified atom stereocenters. The Morgan fingerprint density at radius 1 is 1.11 bits per heavy atom. The summed E-state index contributed by atoms with van der Waals surface area (Å²) in [7, 11) is 0.